The minimum atomic E-state index is -0.380. The second-order valence-corrected chi connectivity index (χ2v) is 4.53. The number of anilines is 2. The number of hydrogen-bond acceptors (Lipinski definition) is 5. The van der Waals surface area contributed by atoms with Crippen LogP contribution in [0.25, 0.3) is 0 Å². The van der Waals surface area contributed by atoms with Gasteiger partial charge in [-0.3, -0.25) is 19.0 Å². The van der Waals surface area contributed by atoms with E-state index in [1.54, 1.807) is 27.2 Å². The van der Waals surface area contributed by atoms with Gasteiger partial charge in [0, 0.05) is 20.3 Å². The molecular formula is C12H17N7O2. The van der Waals surface area contributed by atoms with E-state index in [0.29, 0.717) is 17.1 Å². The second-order valence-electron chi connectivity index (χ2n) is 4.53. The molecule has 112 valence electrons. The minimum absolute atomic E-state index is 0.0827. The molecule has 2 rings (SSSR count). The van der Waals surface area contributed by atoms with Crippen molar-refractivity contribution in [1.82, 2.24) is 24.9 Å². The lowest BCUT2D eigenvalue weighted by molar-refractivity contribution is -0.121. The van der Waals surface area contributed by atoms with Crippen LogP contribution in [-0.4, -0.2) is 38.4 Å². The van der Waals surface area contributed by atoms with E-state index in [1.165, 1.54) is 15.6 Å². The number of carbonyl (C=O) groups is 2. The maximum atomic E-state index is 12.2. The molecule has 4 N–H and O–H groups in total. The van der Waals surface area contributed by atoms with Crippen LogP contribution in [0, 0.1) is 6.92 Å². The summed E-state index contributed by atoms with van der Waals surface area (Å²) in [5.41, 5.74) is 7.52. The Morgan fingerprint density at radius 3 is 2.71 bits per heavy atom. The fourth-order valence-corrected chi connectivity index (χ4v) is 1.87. The molecule has 0 spiro atoms. The first-order valence-electron chi connectivity index (χ1n) is 6.25. The van der Waals surface area contributed by atoms with Crippen LogP contribution in [-0.2, 0) is 18.4 Å². The zero-order valence-corrected chi connectivity index (χ0v) is 12.0. The summed E-state index contributed by atoms with van der Waals surface area (Å²) in [6, 6.07) is 0. The van der Waals surface area contributed by atoms with E-state index in [0.717, 1.165) is 0 Å². The van der Waals surface area contributed by atoms with Gasteiger partial charge < -0.3 is 16.4 Å². The number of nitrogens with two attached hydrogens (primary N) is 1. The van der Waals surface area contributed by atoms with Crippen molar-refractivity contribution in [2.75, 3.05) is 18.1 Å². The average molecular weight is 291 g/mol. The molecule has 0 aliphatic carbocycles. The number of carbonyl (C=O) groups excluding carboxylic acids is 2. The van der Waals surface area contributed by atoms with Crippen molar-refractivity contribution in [2.24, 2.45) is 7.05 Å². The molecule has 9 nitrogen and oxygen atoms in total. The Labute approximate surface area is 121 Å². The standard InChI is InChI=1S/C12H17N7O2/c1-7-10(13)11(18(3)17-7)12(21)16-8-4-15-19(5-8)6-9(20)14-2/h4-5H,6,13H2,1-3H3,(H,14,20)(H,16,21). The van der Waals surface area contributed by atoms with E-state index in [-0.39, 0.29) is 24.1 Å². The molecule has 0 bridgehead atoms. The lowest BCUT2D eigenvalue weighted by atomic mass is 10.3. The molecule has 0 saturated heterocycles. The van der Waals surface area contributed by atoms with Crippen LogP contribution in [0.5, 0.6) is 0 Å². The number of amides is 2. The molecule has 2 aromatic rings. The van der Waals surface area contributed by atoms with Gasteiger partial charge in [0.25, 0.3) is 5.91 Å². The number of aryl methyl sites for hydroxylation is 2. The summed E-state index contributed by atoms with van der Waals surface area (Å²) < 4.78 is 2.85. The third kappa shape index (κ3) is 3.02. The highest BCUT2D eigenvalue weighted by Crippen LogP contribution is 2.17. The van der Waals surface area contributed by atoms with Crippen molar-refractivity contribution in [2.45, 2.75) is 13.5 Å². The summed E-state index contributed by atoms with van der Waals surface area (Å²) >= 11 is 0. The molecule has 0 unspecified atom stereocenters. The maximum absolute atomic E-state index is 12.2. The Bertz CT molecular complexity index is 686. The number of likely N-dealkylation sites (N-methyl/N-ethyl adjacent to an activating group) is 1. The number of nitrogens with one attached hydrogen (secondary N) is 2. The highest BCUT2D eigenvalue weighted by Gasteiger charge is 2.18. The van der Waals surface area contributed by atoms with Crippen molar-refractivity contribution in [3.8, 4) is 0 Å². The summed E-state index contributed by atoms with van der Waals surface area (Å²) in [6.45, 7) is 1.81. The van der Waals surface area contributed by atoms with E-state index in [9.17, 15) is 9.59 Å². The Morgan fingerprint density at radius 2 is 2.14 bits per heavy atom. The summed E-state index contributed by atoms with van der Waals surface area (Å²) in [5.74, 6) is -0.558. The van der Waals surface area contributed by atoms with Crippen LogP contribution in [0.1, 0.15) is 16.2 Å². The van der Waals surface area contributed by atoms with Crippen molar-refractivity contribution >= 4 is 23.2 Å². The van der Waals surface area contributed by atoms with Gasteiger partial charge >= 0.3 is 0 Å². The van der Waals surface area contributed by atoms with E-state index >= 15 is 0 Å². The Morgan fingerprint density at radius 1 is 1.43 bits per heavy atom. The zero-order valence-electron chi connectivity index (χ0n) is 12.0. The van der Waals surface area contributed by atoms with Gasteiger partial charge in [-0.2, -0.15) is 10.2 Å². The van der Waals surface area contributed by atoms with Crippen molar-refractivity contribution in [3.05, 3.63) is 23.8 Å². The van der Waals surface area contributed by atoms with Gasteiger partial charge in [-0.25, -0.2) is 0 Å². The molecule has 2 heterocycles. The number of aromatic nitrogens is 4. The number of nitrogens with zero attached hydrogens (tertiary/aromatic N) is 4. The van der Waals surface area contributed by atoms with Gasteiger partial charge in [-0.1, -0.05) is 0 Å². The van der Waals surface area contributed by atoms with E-state index in [1.807, 2.05) is 0 Å². The van der Waals surface area contributed by atoms with Gasteiger partial charge in [0.15, 0.2) is 0 Å². The molecule has 0 saturated carbocycles. The third-order valence-corrected chi connectivity index (χ3v) is 2.96. The largest absolute Gasteiger partial charge is 0.395 e. The molecule has 2 aromatic heterocycles. The van der Waals surface area contributed by atoms with Crippen molar-refractivity contribution in [3.63, 3.8) is 0 Å². The molecule has 0 radical (unpaired) electrons. The maximum Gasteiger partial charge on any atom is 0.276 e. The van der Waals surface area contributed by atoms with Crippen LogP contribution in [0.4, 0.5) is 11.4 Å². The highest BCUT2D eigenvalue weighted by molar-refractivity contribution is 6.06. The van der Waals surface area contributed by atoms with Crippen LogP contribution in [0.2, 0.25) is 0 Å². The van der Waals surface area contributed by atoms with Gasteiger partial charge in [0.05, 0.1) is 23.3 Å². The molecule has 2 amide bonds. The normalized spacial score (nSPS) is 10.4. The molecule has 21 heavy (non-hydrogen) atoms. The molecule has 9 heteroatoms. The SMILES string of the molecule is CNC(=O)Cn1cc(NC(=O)c2c(N)c(C)nn2C)cn1. The summed E-state index contributed by atoms with van der Waals surface area (Å²) in [5, 5.41) is 13.2. The van der Waals surface area contributed by atoms with Crippen LogP contribution >= 0.6 is 0 Å². The molecule has 0 fully saturated rings. The van der Waals surface area contributed by atoms with E-state index < -0.39 is 0 Å². The average Bonchev–Trinajstić information content (AvgIpc) is 2.95. The van der Waals surface area contributed by atoms with E-state index in [4.69, 9.17) is 5.73 Å². The monoisotopic (exact) mass is 291 g/mol. The molecule has 0 aliphatic rings. The zero-order chi connectivity index (χ0) is 15.6. The Balaban J connectivity index is 2.11. The quantitative estimate of drug-likeness (QED) is 0.702. The summed E-state index contributed by atoms with van der Waals surface area (Å²) in [6.07, 6.45) is 3.02. The lowest BCUT2D eigenvalue weighted by Gasteiger charge is -2.04. The fourth-order valence-electron chi connectivity index (χ4n) is 1.87. The van der Waals surface area contributed by atoms with Crippen molar-refractivity contribution < 1.29 is 9.59 Å². The first-order valence-corrected chi connectivity index (χ1v) is 6.25. The number of rotatable bonds is 4. The lowest BCUT2D eigenvalue weighted by Crippen LogP contribution is -2.23. The summed E-state index contributed by atoms with van der Waals surface area (Å²) in [7, 11) is 3.19. The first-order chi connectivity index (χ1) is 9.92. The first kappa shape index (κ1) is 14.6. The van der Waals surface area contributed by atoms with E-state index in [2.05, 4.69) is 20.8 Å². The number of hydrogen-bond donors (Lipinski definition) is 3. The second kappa shape index (κ2) is 5.65. The summed E-state index contributed by atoms with van der Waals surface area (Å²) in [4.78, 5) is 23.4. The number of nitrogen functional groups attached to an aromatic ring is 1. The molecule has 0 atom stereocenters. The minimum Gasteiger partial charge on any atom is -0.395 e. The predicted molar refractivity (Wildman–Crippen MR) is 76.6 cm³/mol. The fraction of sp³-hybridized carbons (Fsp3) is 0.333. The van der Waals surface area contributed by atoms with Gasteiger partial charge in [0.1, 0.15) is 12.2 Å². The third-order valence-electron chi connectivity index (χ3n) is 2.96. The molecule has 0 aromatic carbocycles. The highest BCUT2D eigenvalue weighted by atomic mass is 16.2. The van der Waals surface area contributed by atoms with Crippen molar-refractivity contribution in [1.29, 1.82) is 0 Å². The van der Waals surface area contributed by atoms with Gasteiger partial charge in [0.2, 0.25) is 5.91 Å². The van der Waals surface area contributed by atoms with Crippen LogP contribution in [0.3, 0.4) is 0 Å². The molecule has 0 aliphatic heterocycles. The Kier molecular flexibility index (Phi) is 3.92. The molecular weight excluding hydrogens is 274 g/mol. The van der Waals surface area contributed by atoms with Crippen LogP contribution in [0.15, 0.2) is 12.4 Å². The van der Waals surface area contributed by atoms with Gasteiger partial charge in [-0.15, -0.1) is 0 Å². The van der Waals surface area contributed by atoms with Gasteiger partial charge in [-0.05, 0) is 6.92 Å². The topological polar surface area (TPSA) is 120 Å². The predicted octanol–water partition coefficient (Wildman–Crippen LogP) is -0.494. The smallest absolute Gasteiger partial charge is 0.276 e. The van der Waals surface area contributed by atoms with Crippen LogP contribution < -0.4 is 16.4 Å². The Hall–Kier alpha value is -2.84.